The van der Waals surface area contributed by atoms with Gasteiger partial charge in [-0.2, -0.15) is 0 Å². The first-order valence-corrected chi connectivity index (χ1v) is 9.46. The van der Waals surface area contributed by atoms with Crippen LogP contribution in [0.3, 0.4) is 0 Å². The van der Waals surface area contributed by atoms with Crippen LogP contribution < -0.4 is 0 Å². The fourth-order valence-electron chi connectivity index (χ4n) is 4.61. The first kappa shape index (κ1) is 16.0. The van der Waals surface area contributed by atoms with E-state index in [4.69, 9.17) is 0 Å². The lowest BCUT2D eigenvalue weighted by Gasteiger charge is -2.31. The van der Waals surface area contributed by atoms with Gasteiger partial charge < -0.3 is 0 Å². The van der Waals surface area contributed by atoms with Gasteiger partial charge in [0.15, 0.2) is 0 Å². The Hall–Kier alpha value is -0.850. The Morgan fingerprint density at radius 1 is 0.773 bits per heavy atom. The Kier molecular flexibility index (Phi) is 5.55. The Morgan fingerprint density at radius 3 is 1.82 bits per heavy atom. The molecular weight excluding hydrogens is 271 g/mol. The Balaban J connectivity index is 1.39. The highest BCUT2D eigenvalue weighted by Gasteiger charge is 2.24. The molecule has 0 heterocycles. The molecule has 0 aromatic heterocycles. The number of hydrogen-bond acceptors (Lipinski definition) is 0. The predicted molar refractivity (Wildman–Crippen MR) is 91.5 cm³/mol. The molecule has 0 saturated heterocycles. The van der Waals surface area contributed by atoms with Crippen molar-refractivity contribution < 1.29 is 4.39 Å². The van der Waals surface area contributed by atoms with Crippen LogP contribution in [0.25, 0.3) is 0 Å². The van der Waals surface area contributed by atoms with Crippen molar-refractivity contribution in [2.75, 3.05) is 0 Å². The van der Waals surface area contributed by atoms with Crippen LogP contribution in [0.2, 0.25) is 0 Å². The molecule has 0 amide bonds. The molecule has 0 aliphatic heterocycles. The molecule has 2 fully saturated rings. The van der Waals surface area contributed by atoms with Gasteiger partial charge in [0.25, 0.3) is 0 Å². The van der Waals surface area contributed by atoms with Gasteiger partial charge in [-0.3, -0.25) is 0 Å². The van der Waals surface area contributed by atoms with Gasteiger partial charge >= 0.3 is 0 Å². The summed E-state index contributed by atoms with van der Waals surface area (Å²) < 4.78 is 13.0. The molecule has 2 aliphatic carbocycles. The van der Waals surface area contributed by atoms with Crippen LogP contribution in [0.4, 0.5) is 4.39 Å². The average molecular weight is 302 g/mol. The van der Waals surface area contributed by atoms with Gasteiger partial charge in [-0.05, 0) is 67.1 Å². The monoisotopic (exact) mass is 302 g/mol. The second-order valence-electron chi connectivity index (χ2n) is 7.97. The second kappa shape index (κ2) is 7.62. The van der Waals surface area contributed by atoms with Crippen LogP contribution in [0.1, 0.15) is 82.6 Å². The second-order valence-corrected chi connectivity index (χ2v) is 7.97. The first-order valence-electron chi connectivity index (χ1n) is 9.46. The Bertz CT molecular complexity index is 433. The molecule has 0 unspecified atom stereocenters. The lowest BCUT2D eigenvalue weighted by molar-refractivity contribution is 0.237. The Morgan fingerprint density at radius 2 is 1.27 bits per heavy atom. The normalized spacial score (nSPS) is 32.8. The van der Waals surface area contributed by atoms with Gasteiger partial charge in [0.1, 0.15) is 5.82 Å². The maximum absolute atomic E-state index is 13.0. The minimum atomic E-state index is -0.112. The molecule has 2 saturated carbocycles. The Labute approximate surface area is 135 Å². The van der Waals surface area contributed by atoms with Crippen LogP contribution in [-0.2, 0) is 0 Å². The summed E-state index contributed by atoms with van der Waals surface area (Å²) in [4.78, 5) is 0. The van der Waals surface area contributed by atoms with E-state index in [1.807, 2.05) is 12.1 Å². The predicted octanol–water partition coefficient (Wildman–Crippen LogP) is 6.71. The summed E-state index contributed by atoms with van der Waals surface area (Å²) in [6.45, 7) is 2.41. The van der Waals surface area contributed by atoms with E-state index in [0.29, 0.717) is 5.92 Å². The van der Waals surface area contributed by atoms with Gasteiger partial charge in [-0.25, -0.2) is 4.39 Å². The minimum Gasteiger partial charge on any atom is -0.207 e. The van der Waals surface area contributed by atoms with Gasteiger partial charge in [0.2, 0.25) is 0 Å². The fourth-order valence-corrected chi connectivity index (χ4v) is 4.61. The molecule has 122 valence electrons. The molecule has 0 N–H and O–H groups in total. The van der Waals surface area contributed by atoms with E-state index in [0.717, 1.165) is 17.8 Å². The number of rotatable bonds is 4. The van der Waals surface area contributed by atoms with E-state index < -0.39 is 0 Å². The van der Waals surface area contributed by atoms with Crippen LogP contribution in [0.5, 0.6) is 0 Å². The summed E-state index contributed by atoms with van der Waals surface area (Å²) in [6.07, 6.45) is 14.2. The van der Waals surface area contributed by atoms with Crippen molar-refractivity contribution in [1.29, 1.82) is 0 Å². The summed E-state index contributed by atoms with van der Waals surface area (Å²) in [6, 6.07) is 7.21. The largest absolute Gasteiger partial charge is 0.207 e. The molecule has 2 aliphatic rings. The summed E-state index contributed by atoms with van der Waals surface area (Å²) in [5.41, 5.74) is 1.35. The summed E-state index contributed by atoms with van der Waals surface area (Å²) >= 11 is 0. The quantitative estimate of drug-likeness (QED) is 0.580. The standard InChI is InChI=1S/C21H31F/c1-16-2-4-17(5-3-16)6-7-18-8-10-19(11-9-18)20-12-14-21(22)15-13-20/h12-19H,2-11H2,1H3. The van der Waals surface area contributed by atoms with Crippen LogP contribution in [0.15, 0.2) is 24.3 Å². The molecule has 0 radical (unpaired) electrons. The van der Waals surface area contributed by atoms with E-state index in [2.05, 4.69) is 6.92 Å². The van der Waals surface area contributed by atoms with E-state index in [1.165, 1.54) is 69.8 Å². The molecule has 3 rings (SSSR count). The average Bonchev–Trinajstić information content (AvgIpc) is 2.56. The summed E-state index contributed by atoms with van der Waals surface area (Å²) in [7, 11) is 0. The van der Waals surface area contributed by atoms with Gasteiger partial charge in [-0.1, -0.05) is 57.6 Å². The molecule has 1 heteroatoms. The number of benzene rings is 1. The van der Waals surface area contributed by atoms with Gasteiger partial charge in [0, 0.05) is 0 Å². The number of hydrogen-bond donors (Lipinski definition) is 0. The molecule has 1 aromatic rings. The SMILES string of the molecule is CC1CCC(CCC2CCC(c3ccc(F)cc3)CC2)CC1. The highest BCUT2D eigenvalue weighted by atomic mass is 19.1. The zero-order valence-electron chi connectivity index (χ0n) is 14.1. The van der Waals surface area contributed by atoms with Crippen molar-refractivity contribution in [3.63, 3.8) is 0 Å². The van der Waals surface area contributed by atoms with E-state index in [1.54, 1.807) is 12.1 Å². The minimum absolute atomic E-state index is 0.112. The van der Waals surface area contributed by atoms with Crippen molar-refractivity contribution in [2.24, 2.45) is 17.8 Å². The molecular formula is C21H31F. The maximum atomic E-state index is 13.0. The van der Waals surface area contributed by atoms with Crippen molar-refractivity contribution in [3.8, 4) is 0 Å². The summed E-state index contributed by atoms with van der Waals surface area (Å²) in [5.74, 6) is 3.51. The van der Waals surface area contributed by atoms with E-state index in [-0.39, 0.29) is 5.82 Å². The third kappa shape index (κ3) is 4.33. The maximum Gasteiger partial charge on any atom is 0.123 e. The van der Waals surface area contributed by atoms with Crippen LogP contribution >= 0.6 is 0 Å². The van der Waals surface area contributed by atoms with Crippen molar-refractivity contribution in [2.45, 2.75) is 77.0 Å². The van der Waals surface area contributed by atoms with Crippen LogP contribution in [0, 0.1) is 23.6 Å². The summed E-state index contributed by atoms with van der Waals surface area (Å²) in [5, 5.41) is 0. The molecule has 22 heavy (non-hydrogen) atoms. The molecule has 1 aromatic carbocycles. The third-order valence-corrected chi connectivity index (χ3v) is 6.31. The zero-order chi connectivity index (χ0) is 15.4. The van der Waals surface area contributed by atoms with Gasteiger partial charge in [0.05, 0.1) is 0 Å². The van der Waals surface area contributed by atoms with Crippen molar-refractivity contribution in [1.82, 2.24) is 0 Å². The fraction of sp³-hybridized carbons (Fsp3) is 0.714. The smallest absolute Gasteiger partial charge is 0.123 e. The first-order chi connectivity index (χ1) is 10.7. The topological polar surface area (TPSA) is 0 Å². The van der Waals surface area contributed by atoms with Crippen molar-refractivity contribution >= 4 is 0 Å². The van der Waals surface area contributed by atoms with Crippen LogP contribution in [-0.4, -0.2) is 0 Å². The highest BCUT2D eigenvalue weighted by Crippen LogP contribution is 2.39. The lowest BCUT2D eigenvalue weighted by Crippen LogP contribution is -2.17. The zero-order valence-corrected chi connectivity index (χ0v) is 14.1. The highest BCUT2D eigenvalue weighted by molar-refractivity contribution is 5.20. The molecule has 0 nitrogen and oxygen atoms in total. The van der Waals surface area contributed by atoms with Gasteiger partial charge in [-0.15, -0.1) is 0 Å². The third-order valence-electron chi connectivity index (χ3n) is 6.31. The molecule has 0 atom stereocenters. The van der Waals surface area contributed by atoms with E-state index in [9.17, 15) is 4.39 Å². The lowest BCUT2D eigenvalue weighted by atomic mass is 9.74. The number of halogens is 1. The van der Waals surface area contributed by atoms with E-state index >= 15 is 0 Å². The molecule has 0 spiro atoms. The van der Waals surface area contributed by atoms with Crippen molar-refractivity contribution in [3.05, 3.63) is 35.6 Å². The molecule has 0 bridgehead atoms.